The lowest BCUT2D eigenvalue weighted by atomic mass is 9.93. The van der Waals surface area contributed by atoms with Gasteiger partial charge < -0.3 is 4.74 Å². The van der Waals surface area contributed by atoms with E-state index in [0.717, 1.165) is 28.3 Å². The molecule has 40 heavy (non-hydrogen) atoms. The van der Waals surface area contributed by atoms with Crippen molar-refractivity contribution in [3.8, 4) is 0 Å². The molecule has 0 unspecified atom stereocenters. The average molecular weight is 546 g/mol. The summed E-state index contributed by atoms with van der Waals surface area (Å²) in [6.07, 6.45) is -4.19. The number of carbonyl (C=O) groups is 1. The van der Waals surface area contributed by atoms with Gasteiger partial charge in [-0.05, 0) is 54.2 Å². The molecule has 0 radical (unpaired) electrons. The van der Waals surface area contributed by atoms with E-state index in [9.17, 15) is 18.0 Å². The second-order valence-corrected chi connectivity index (χ2v) is 9.85. The standard InChI is InChI=1S/C34H34F3NO2/c1-3-40-33(39)23-32(38(24-26-13-6-4-7-14-26)25(2)28-16-8-5-9-17-28)30-19-12-15-27(22-30)21-29-18-10-11-20-31(29)34(35,36)37/h4-20,22,25,32H,3,21,23-24H2,1-2H3/t25-,32+/m1/s1. The summed E-state index contributed by atoms with van der Waals surface area (Å²) >= 11 is 0. The lowest BCUT2D eigenvalue weighted by molar-refractivity contribution is -0.145. The van der Waals surface area contributed by atoms with E-state index in [0.29, 0.717) is 6.54 Å². The molecule has 208 valence electrons. The first-order valence-corrected chi connectivity index (χ1v) is 13.5. The summed E-state index contributed by atoms with van der Waals surface area (Å²) in [5.41, 5.74) is 3.38. The molecular formula is C34H34F3NO2. The Hall–Kier alpha value is -3.90. The lowest BCUT2D eigenvalue weighted by Crippen LogP contribution is -2.33. The van der Waals surface area contributed by atoms with Crippen molar-refractivity contribution in [2.75, 3.05) is 6.61 Å². The van der Waals surface area contributed by atoms with Crippen molar-refractivity contribution in [2.24, 2.45) is 0 Å². The highest BCUT2D eigenvalue weighted by Gasteiger charge is 2.33. The maximum Gasteiger partial charge on any atom is 0.416 e. The van der Waals surface area contributed by atoms with E-state index in [2.05, 4.69) is 36.1 Å². The number of carbonyl (C=O) groups excluding carboxylic acids is 1. The second kappa shape index (κ2) is 13.4. The Morgan fingerprint density at radius 1 is 0.800 bits per heavy atom. The molecule has 0 aliphatic rings. The normalized spacial score (nSPS) is 13.2. The fourth-order valence-corrected chi connectivity index (χ4v) is 5.12. The summed E-state index contributed by atoms with van der Waals surface area (Å²) in [5.74, 6) is -0.321. The molecule has 0 heterocycles. The summed E-state index contributed by atoms with van der Waals surface area (Å²) in [6, 6.07) is 32.9. The van der Waals surface area contributed by atoms with E-state index in [4.69, 9.17) is 4.74 Å². The van der Waals surface area contributed by atoms with Gasteiger partial charge in [0, 0.05) is 18.6 Å². The molecule has 0 saturated heterocycles. The van der Waals surface area contributed by atoms with E-state index in [1.165, 1.54) is 12.1 Å². The third kappa shape index (κ3) is 7.60. The van der Waals surface area contributed by atoms with E-state index in [-0.39, 0.29) is 43.1 Å². The maximum atomic E-state index is 13.7. The number of ether oxygens (including phenoxy) is 1. The zero-order chi connectivity index (χ0) is 28.5. The van der Waals surface area contributed by atoms with E-state index >= 15 is 0 Å². The van der Waals surface area contributed by atoms with Crippen molar-refractivity contribution in [1.29, 1.82) is 0 Å². The molecule has 0 N–H and O–H groups in total. The van der Waals surface area contributed by atoms with Gasteiger partial charge in [0.15, 0.2) is 0 Å². The molecule has 0 aliphatic heterocycles. The number of alkyl halides is 3. The molecule has 0 saturated carbocycles. The molecule has 2 atom stereocenters. The predicted molar refractivity (Wildman–Crippen MR) is 152 cm³/mol. The predicted octanol–water partition coefficient (Wildman–Crippen LogP) is 8.55. The Bertz CT molecular complexity index is 1370. The summed E-state index contributed by atoms with van der Waals surface area (Å²) in [5, 5.41) is 0. The van der Waals surface area contributed by atoms with Crippen LogP contribution in [0.5, 0.6) is 0 Å². The number of hydrogen-bond acceptors (Lipinski definition) is 3. The minimum absolute atomic E-state index is 0.0598. The first-order valence-electron chi connectivity index (χ1n) is 13.5. The average Bonchev–Trinajstić information content (AvgIpc) is 2.95. The highest BCUT2D eigenvalue weighted by atomic mass is 19.4. The van der Waals surface area contributed by atoms with E-state index in [1.54, 1.807) is 13.0 Å². The van der Waals surface area contributed by atoms with Crippen LogP contribution in [0.2, 0.25) is 0 Å². The highest BCUT2D eigenvalue weighted by Crippen LogP contribution is 2.36. The topological polar surface area (TPSA) is 29.5 Å². The largest absolute Gasteiger partial charge is 0.466 e. The van der Waals surface area contributed by atoms with Crippen LogP contribution >= 0.6 is 0 Å². The minimum atomic E-state index is -4.43. The third-order valence-electron chi connectivity index (χ3n) is 7.11. The Kier molecular flexibility index (Phi) is 9.78. The number of halogens is 3. The maximum absolute atomic E-state index is 13.7. The van der Waals surface area contributed by atoms with Crippen LogP contribution < -0.4 is 0 Å². The van der Waals surface area contributed by atoms with Gasteiger partial charge in [0.05, 0.1) is 18.6 Å². The molecule has 4 aromatic carbocycles. The monoisotopic (exact) mass is 545 g/mol. The molecule has 0 aromatic heterocycles. The van der Waals surface area contributed by atoms with E-state index < -0.39 is 11.7 Å². The molecule has 0 bridgehead atoms. The van der Waals surface area contributed by atoms with Crippen molar-refractivity contribution in [3.05, 3.63) is 143 Å². The third-order valence-corrected chi connectivity index (χ3v) is 7.11. The molecule has 4 aromatic rings. The van der Waals surface area contributed by atoms with Gasteiger partial charge >= 0.3 is 12.1 Å². The summed E-state index contributed by atoms with van der Waals surface area (Å²) < 4.78 is 46.4. The summed E-state index contributed by atoms with van der Waals surface area (Å²) in [6.45, 7) is 4.73. The number of esters is 1. The first-order chi connectivity index (χ1) is 19.3. The molecule has 0 amide bonds. The van der Waals surface area contributed by atoms with Gasteiger partial charge in [-0.1, -0.05) is 103 Å². The van der Waals surface area contributed by atoms with Crippen molar-refractivity contribution in [3.63, 3.8) is 0 Å². The van der Waals surface area contributed by atoms with Gasteiger partial charge in [0.2, 0.25) is 0 Å². The molecule has 3 nitrogen and oxygen atoms in total. The molecule has 0 fully saturated rings. The van der Waals surface area contributed by atoms with E-state index in [1.807, 2.05) is 60.7 Å². The van der Waals surface area contributed by atoms with Crippen LogP contribution in [0.4, 0.5) is 13.2 Å². The van der Waals surface area contributed by atoms with Crippen LogP contribution in [0.1, 0.15) is 65.7 Å². The van der Waals surface area contributed by atoms with Gasteiger partial charge in [-0.3, -0.25) is 9.69 Å². The zero-order valence-corrected chi connectivity index (χ0v) is 22.8. The fraction of sp³-hybridized carbons (Fsp3) is 0.265. The number of hydrogen-bond donors (Lipinski definition) is 0. The number of benzene rings is 4. The van der Waals surface area contributed by atoms with Crippen LogP contribution in [0.25, 0.3) is 0 Å². The van der Waals surface area contributed by atoms with Crippen molar-refractivity contribution in [1.82, 2.24) is 4.90 Å². The molecule has 0 spiro atoms. The SMILES string of the molecule is CCOC(=O)C[C@@H](c1cccc(Cc2ccccc2C(F)(F)F)c1)N(Cc1ccccc1)[C@H](C)c1ccccc1. The quantitative estimate of drug-likeness (QED) is 0.177. The Labute approximate surface area is 234 Å². The summed E-state index contributed by atoms with van der Waals surface area (Å²) in [4.78, 5) is 15.2. The molecule has 6 heteroatoms. The van der Waals surface area contributed by atoms with Gasteiger partial charge in [-0.2, -0.15) is 13.2 Å². The van der Waals surface area contributed by atoms with Crippen molar-refractivity contribution < 1.29 is 22.7 Å². The van der Waals surface area contributed by atoms with Crippen molar-refractivity contribution in [2.45, 2.75) is 51.5 Å². The highest BCUT2D eigenvalue weighted by molar-refractivity contribution is 5.70. The van der Waals surface area contributed by atoms with Gasteiger partial charge in [-0.15, -0.1) is 0 Å². The van der Waals surface area contributed by atoms with Crippen LogP contribution in [0, 0.1) is 0 Å². The Morgan fingerprint density at radius 2 is 1.40 bits per heavy atom. The Morgan fingerprint density at radius 3 is 2.08 bits per heavy atom. The van der Waals surface area contributed by atoms with Crippen LogP contribution in [0.3, 0.4) is 0 Å². The van der Waals surface area contributed by atoms with Crippen LogP contribution in [0.15, 0.2) is 109 Å². The van der Waals surface area contributed by atoms with Gasteiger partial charge in [0.25, 0.3) is 0 Å². The summed E-state index contributed by atoms with van der Waals surface area (Å²) in [7, 11) is 0. The van der Waals surface area contributed by atoms with Gasteiger partial charge in [0.1, 0.15) is 0 Å². The van der Waals surface area contributed by atoms with Crippen LogP contribution in [-0.2, 0) is 28.7 Å². The number of nitrogens with zero attached hydrogens (tertiary/aromatic N) is 1. The second-order valence-electron chi connectivity index (χ2n) is 9.85. The Balaban J connectivity index is 1.75. The molecule has 4 rings (SSSR count). The number of rotatable bonds is 11. The first kappa shape index (κ1) is 29.1. The zero-order valence-electron chi connectivity index (χ0n) is 22.8. The van der Waals surface area contributed by atoms with Crippen molar-refractivity contribution >= 4 is 5.97 Å². The van der Waals surface area contributed by atoms with Gasteiger partial charge in [-0.25, -0.2) is 0 Å². The lowest BCUT2D eigenvalue weighted by Gasteiger charge is -2.37. The van der Waals surface area contributed by atoms with Crippen LogP contribution in [-0.4, -0.2) is 17.5 Å². The minimum Gasteiger partial charge on any atom is -0.466 e. The smallest absolute Gasteiger partial charge is 0.416 e. The molecular weight excluding hydrogens is 511 g/mol. The molecule has 0 aliphatic carbocycles. The fourth-order valence-electron chi connectivity index (χ4n) is 5.12.